The van der Waals surface area contributed by atoms with Crippen LogP contribution in [0.5, 0.6) is 0 Å². The first-order valence-corrected chi connectivity index (χ1v) is 32.0. The van der Waals surface area contributed by atoms with E-state index in [1.807, 2.05) is 0 Å². The fourth-order valence-electron chi connectivity index (χ4n) is 9.03. The van der Waals surface area contributed by atoms with E-state index in [1.165, 1.54) is 20.8 Å². The molecule has 95 heavy (non-hydrogen) atoms. The Morgan fingerprint density at radius 3 is 1.18 bits per heavy atom. The molecule has 25 N–H and O–H groups in total. The number of nitrogens with two attached hydrogens (primary N) is 5. The molecular formula is C59H106N18O18. The smallest absolute Gasteiger partial charge is 0.322 e. The van der Waals surface area contributed by atoms with Crippen molar-refractivity contribution in [2.75, 3.05) is 39.3 Å². The monoisotopic (exact) mass is 1350 g/mol. The molecule has 0 saturated carbocycles. The maximum atomic E-state index is 14.0. The SMILES string of the molecule is CC[C@H](C)[C@H](NC(=O)[C@H](CCCCN)NC(=O)CNC(=O)[C@H](CCC(N)=O)NC(=O)[C@H](CC(C)C)NC(=O)CN)C(=O)N[C@@H](C)C(=O)N[C@@H](CC(=O)O)C(=O)N[C@@H](C)C(=O)N[C@H](C(=O)N[C@@H](CCCCN)C(=O)N[C@@H](C)C(=O)N[C@@H](CCCCN)C(=O)NCC(=O)O)C(C)C. The fourth-order valence-corrected chi connectivity index (χ4v) is 9.03. The van der Waals surface area contributed by atoms with Gasteiger partial charge in [-0.3, -0.25) is 76.7 Å². The number of amides is 14. The number of carboxylic acids is 2. The van der Waals surface area contributed by atoms with Gasteiger partial charge in [-0.2, -0.15) is 0 Å². The maximum Gasteiger partial charge on any atom is 0.322 e. The van der Waals surface area contributed by atoms with E-state index in [9.17, 15) is 81.8 Å². The molecule has 14 amide bonds. The molecule has 0 saturated heterocycles. The highest BCUT2D eigenvalue weighted by Gasteiger charge is 2.36. The van der Waals surface area contributed by atoms with E-state index in [1.54, 1.807) is 41.5 Å². The normalized spacial score (nSPS) is 14.9. The number of primary amides is 1. The first-order chi connectivity index (χ1) is 44.6. The summed E-state index contributed by atoms with van der Waals surface area (Å²) >= 11 is 0. The quantitative estimate of drug-likeness (QED) is 0.0252. The summed E-state index contributed by atoms with van der Waals surface area (Å²) in [5.41, 5.74) is 27.7. The van der Waals surface area contributed by atoms with Gasteiger partial charge in [-0.25, -0.2) is 0 Å². The number of aliphatic carboxylic acids is 2. The van der Waals surface area contributed by atoms with Crippen LogP contribution in [-0.2, 0) is 76.7 Å². The van der Waals surface area contributed by atoms with Gasteiger partial charge in [0.15, 0.2) is 0 Å². The first-order valence-electron chi connectivity index (χ1n) is 32.0. The molecule has 0 heterocycles. The van der Waals surface area contributed by atoms with Crippen molar-refractivity contribution in [1.29, 1.82) is 0 Å². The molecule has 0 fully saturated rings. The van der Waals surface area contributed by atoms with Gasteiger partial charge in [0.1, 0.15) is 73.0 Å². The van der Waals surface area contributed by atoms with Crippen molar-refractivity contribution in [1.82, 2.24) is 69.1 Å². The van der Waals surface area contributed by atoms with E-state index in [4.69, 9.17) is 33.8 Å². The lowest BCUT2D eigenvalue weighted by Crippen LogP contribution is -2.61. The molecule has 0 aromatic heterocycles. The average Bonchev–Trinajstić information content (AvgIpc) is 0.941. The second-order valence-electron chi connectivity index (χ2n) is 23.9. The van der Waals surface area contributed by atoms with Crippen LogP contribution < -0.4 is 97.8 Å². The Kier molecular flexibility index (Phi) is 42.2. The molecular weight excluding hydrogens is 1250 g/mol. The lowest BCUT2D eigenvalue weighted by Gasteiger charge is -2.28. The number of hydrogen-bond donors (Lipinski definition) is 20. The molecule has 36 nitrogen and oxygen atoms in total. The predicted octanol–water partition coefficient (Wildman–Crippen LogP) is -6.47. The van der Waals surface area contributed by atoms with Gasteiger partial charge in [0.05, 0.1) is 19.5 Å². The fraction of sp³-hybridized carbons (Fsp3) is 0.729. The van der Waals surface area contributed by atoms with E-state index in [0.717, 1.165) is 0 Å². The van der Waals surface area contributed by atoms with E-state index in [2.05, 4.69) is 69.1 Å². The molecule has 0 spiro atoms. The maximum absolute atomic E-state index is 14.0. The minimum Gasteiger partial charge on any atom is -0.481 e. The summed E-state index contributed by atoms with van der Waals surface area (Å²) in [4.78, 5) is 210. The van der Waals surface area contributed by atoms with Crippen molar-refractivity contribution >= 4 is 94.6 Å². The molecule has 36 heteroatoms. The Balaban J connectivity index is 6.29. The van der Waals surface area contributed by atoms with E-state index < -0.39 is 199 Å². The highest BCUT2D eigenvalue weighted by Crippen LogP contribution is 2.13. The van der Waals surface area contributed by atoms with Crippen LogP contribution in [-0.4, -0.2) is 211 Å². The third-order valence-electron chi connectivity index (χ3n) is 14.8. The number of hydrogen-bond acceptors (Lipinski definition) is 20. The highest BCUT2D eigenvalue weighted by atomic mass is 16.4. The predicted molar refractivity (Wildman–Crippen MR) is 344 cm³/mol. The third kappa shape index (κ3) is 35.4. The minimum absolute atomic E-state index is 0.00806. The zero-order chi connectivity index (χ0) is 72.7. The second kappa shape index (κ2) is 46.4. The van der Waals surface area contributed by atoms with Gasteiger partial charge in [-0.1, -0.05) is 48.0 Å². The Labute approximate surface area is 553 Å². The molecule has 540 valence electrons. The standard InChI is InChI=1S/C59H106N18O18/c1-10-32(6)48(77-55(91)37(18-12-15-23-61)70-44(80)28-65-53(89)39(20-21-42(64)78)73-57(93)40(25-30(2)3)71-43(79)27-63)59(95)69-34(8)50(86)75-41(26-45(81)82)56(92)68-35(9)51(87)76-47(31(4)5)58(94)74-38(19-13-16-24-62)54(90)67-33(7)49(85)72-36(17-11-14-22-60)52(88)66-29-46(83)84/h30-41,47-48H,10-29,60-63H2,1-9H3,(H2,64,78)(H,65,89)(H,66,88)(H,67,90)(H,68,92)(H,69,95)(H,70,80)(H,71,79)(H,72,85)(H,73,93)(H,74,94)(H,75,86)(H,76,87)(H,77,91)(H,81,82)(H,83,84)/t32-,33-,34-,35-,36-,37-,38-,39-,40-,41-,47-,48-/m0/s1. The van der Waals surface area contributed by atoms with Crippen molar-refractivity contribution in [3.8, 4) is 0 Å². The molecule has 0 aliphatic carbocycles. The van der Waals surface area contributed by atoms with Crippen LogP contribution >= 0.6 is 0 Å². The van der Waals surface area contributed by atoms with E-state index in [0.29, 0.717) is 45.1 Å². The number of carboxylic acid groups (broad SMARTS) is 2. The van der Waals surface area contributed by atoms with E-state index >= 15 is 0 Å². The van der Waals surface area contributed by atoms with Gasteiger partial charge in [0.25, 0.3) is 0 Å². The van der Waals surface area contributed by atoms with Crippen LogP contribution in [0.1, 0.15) is 152 Å². The van der Waals surface area contributed by atoms with Gasteiger partial charge in [-0.05, 0) is 129 Å². The minimum atomic E-state index is -1.86. The van der Waals surface area contributed by atoms with Crippen LogP contribution in [0.3, 0.4) is 0 Å². The molecule has 0 aliphatic rings. The number of carbonyl (C=O) groups is 16. The number of unbranched alkanes of at least 4 members (excludes halogenated alkanes) is 3. The van der Waals surface area contributed by atoms with Crippen molar-refractivity contribution in [3.05, 3.63) is 0 Å². The van der Waals surface area contributed by atoms with Crippen molar-refractivity contribution < 1.29 is 86.9 Å². The second-order valence-corrected chi connectivity index (χ2v) is 23.9. The summed E-state index contributed by atoms with van der Waals surface area (Å²) in [6.45, 7) is 12.6. The number of nitrogens with one attached hydrogen (secondary N) is 13. The summed E-state index contributed by atoms with van der Waals surface area (Å²) in [6, 6.07) is -15.2. The largest absolute Gasteiger partial charge is 0.481 e. The van der Waals surface area contributed by atoms with Gasteiger partial charge in [0, 0.05) is 6.42 Å². The van der Waals surface area contributed by atoms with Crippen LogP contribution in [0.2, 0.25) is 0 Å². The summed E-state index contributed by atoms with van der Waals surface area (Å²) in [7, 11) is 0. The van der Waals surface area contributed by atoms with E-state index in [-0.39, 0.29) is 64.0 Å². The first kappa shape index (κ1) is 86.4. The topological polar surface area (TPSA) is 600 Å². The zero-order valence-corrected chi connectivity index (χ0v) is 56.0. The molecule has 0 aliphatic heterocycles. The summed E-state index contributed by atoms with van der Waals surface area (Å²) in [5, 5.41) is 50.5. The summed E-state index contributed by atoms with van der Waals surface area (Å²) in [6.07, 6.45) is 1.26. The molecule has 0 aromatic rings. The Bertz CT molecular complexity index is 2600. The highest BCUT2D eigenvalue weighted by molar-refractivity contribution is 6.00. The van der Waals surface area contributed by atoms with Crippen LogP contribution in [0, 0.1) is 17.8 Å². The number of rotatable bonds is 49. The molecule has 12 atom stereocenters. The van der Waals surface area contributed by atoms with Crippen molar-refractivity contribution in [2.24, 2.45) is 46.4 Å². The Morgan fingerprint density at radius 2 is 0.737 bits per heavy atom. The van der Waals surface area contributed by atoms with Gasteiger partial charge in [-0.15, -0.1) is 0 Å². The van der Waals surface area contributed by atoms with Crippen LogP contribution in [0.15, 0.2) is 0 Å². The van der Waals surface area contributed by atoms with Gasteiger partial charge in [0.2, 0.25) is 82.7 Å². The van der Waals surface area contributed by atoms with Gasteiger partial charge < -0.3 is 108 Å². The Hall–Kier alpha value is -8.64. The summed E-state index contributed by atoms with van der Waals surface area (Å²) in [5.74, 6) is -16.5. The molecule has 0 unspecified atom stereocenters. The lowest BCUT2D eigenvalue weighted by molar-refractivity contribution is -0.141. The molecule has 0 aromatic carbocycles. The number of carbonyl (C=O) groups excluding carboxylic acids is 14. The zero-order valence-electron chi connectivity index (χ0n) is 56.0. The third-order valence-corrected chi connectivity index (χ3v) is 14.8. The van der Waals surface area contributed by atoms with Crippen molar-refractivity contribution in [3.63, 3.8) is 0 Å². The lowest BCUT2D eigenvalue weighted by atomic mass is 9.97. The Morgan fingerprint density at radius 1 is 0.368 bits per heavy atom. The van der Waals surface area contributed by atoms with Crippen LogP contribution in [0.25, 0.3) is 0 Å². The molecule has 0 radical (unpaired) electrons. The van der Waals surface area contributed by atoms with Gasteiger partial charge >= 0.3 is 11.9 Å². The van der Waals surface area contributed by atoms with Crippen molar-refractivity contribution in [2.45, 2.75) is 219 Å². The molecule has 0 bridgehead atoms. The van der Waals surface area contributed by atoms with Crippen LogP contribution in [0.4, 0.5) is 0 Å². The molecule has 0 rings (SSSR count). The summed E-state index contributed by atoms with van der Waals surface area (Å²) < 4.78 is 0. The average molecular weight is 1360 g/mol.